The molecular formula is C6H14N2O2S. The number of hydrogen-bond acceptors (Lipinski definition) is 4. The van der Waals surface area contributed by atoms with Crippen LogP contribution in [0.25, 0.3) is 0 Å². The molecule has 0 aromatic carbocycles. The molecule has 0 amide bonds. The Kier molecular flexibility index (Phi) is 2.86. The molecule has 0 saturated carbocycles. The van der Waals surface area contributed by atoms with E-state index in [4.69, 9.17) is 5.73 Å². The molecule has 1 heterocycles. The van der Waals surface area contributed by atoms with Gasteiger partial charge in [-0.2, -0.15) is 0 Å². The molecule has 0 aliphatic carbocycles. The summed E-state index contributed by atoms with van der Waals surface area (Å²) in [5.74, 6) is 0.280. The highest BCUT2D eigenvalue weighted by Crippen LogP contribution is 2.05. The standard InChI is InChI=1S/C6H14N2O2S/c7-4-6-5-8-2-1-3-11(6,9)10/h6,8H,1-5,7H2. The minimum absolute atomic E-state index is 0.231. The van der Waals surface area contributed by atoms with Crippen LogP contribution in [0.3, 0.4) is 0 Å². The van der Waals surface area contributed by atoms with Crippen molar-refractivity contribution in [3.63, 3.8) is 0 Å². The van der Waals surface area contributed by atoms with Crippen LogP contribution in [0.5, 0.6) is 0 Å². The van der Waals surface area contributed by atoms with Crippen LogP contribution in [0.2, 0.25) is 0 Å². The van der Waals surface area contributed by atoms with Crippen LogP contribution in [0, 0.1) is 0 Å². The second-order valence-corrected chi connectivity index (χ2v) is 5.18. The summed E-state index contributed by atoms with van der Waals surface area (Å²) in [7, 11) is -2.90. The molecule has 1 atom stereocenters. The molecule has 0 aromatic rings. The van der Waals surface area contributed by atoms with Gasteiger partial charge in [-0.05, 0) is 13.0 Å². The average Bonchev–Trinajstić information content (AvgIpc) is 2.10. The molecule has 0 aromatic heterocycles. The van der Waals surface area contributed by atoms with Gasteiger partial charge in [0, 0.05) is 13.1 Å². The van der Waals surface area contributed by atoms with Gasteiger partial charge in [0.15, 0.2) is 9.84 Å². The van der Waals surface area contributed by atoms with E-state index in [0.29, 0.717) is 13.0 Å². The lowest BCUT2D eigenvalue weighted by Gasteiger charge is -2.10. The first-order chi connectivity index (χ1) is 5.17. The third-order valence-electron chi connectivity index (χ3n) is 1.93. The van der Waals surface area contributed by atoms with Crippen molar-refractivity contribution in [2.75, 3.05) is 25.4 Å². The molecular weight excluding hydrogens is 164 g/mol. The van der Waals surface area contributed by atoms with Crippen molar-refractivity contribution in [1.82, 2.24) is 5.32 Å². The van der Waals surface area contributed by atoms with Crippen molar-refractivity contribution in [2.45, 2.75) is 11.7 Å². The maximum Gasteiger partial charge on any atom is 0.155 e. The second-order valence-electron chi connectivity index (χ2n) is 2.78. The summed E-state index contributed by atoms with van der Waals surface area (Å²) >= 11 is 0. The first-order valence-corrected chi connectivity index (χ1v) is 5.50. The van der Waals surface area contributed by atoms with Gasteiger partial charge in [-0.15, -0.1) is 0 Å². The lowest BCUT2D eigenvalue weighted by molar-refractivity contribution is 0.578. The van der Waals surface area contributed by atoms with Gasteiger partial charge < -0.3 is 11.1 Å². The van der Waals surface area contributed by atoms with E-state index in [9.17, 15) is 8.42 Å². The van der Waals surface area contributed by atoms with E-state index in [2.05, 4.69) is 5.32 Å². The summed E-state index contributed by atoms with van der Waals surface area (Å²) in [4.78, 5) is 0. The molecule has 1 fully saturated rings. The third kappa shape index (κ3) is 2.15. The molecule has 1 aliphatic heterocycles. The summed E-state index contributed by atoms with van der Waals surface area (Å²) < 4.78 is 22.6. The lowest BCUT2D eigenvalue weighted by Crippen LogP contribution is -2.37. The number of hydrogen-bond donors (Lipinski definition) is 2. The highest BCUT2D eigenvalue weighted by Gasteiger charge is 2.25. The zero-order valence-electron chi connectivity index (χ0n) is 6.41. The van der Waals surface area contributed by atoms with Crippen LogP contribution in [0.4, 0.5) is 0 Å². The highest BCUT2D eigenvalue weighted by atomic mass is 32.2. The van der Waals surface area contributed by atoms with Crippen molar-refractivity contribution in [1.29, 1.82) is 0 Å². The van der Waals surface area contributed by atoms with Crippen molar-refractivity contribution >= 4 is 9.84 Å². The minimum atomic E-state index is -2.90. The van der Waals surface area contributed by atoms with Gasteiger partial charge in [-0.1, -0.05) is 0 Å². The van der Waals surface area contributed by atoms with Gasteiger partial charge in [-0.25, -0.2) is 8.42 Å². The van der Waals surface area contributed by atoms with E-state index in [0.717, 1.165) is 6.54 Å². The Balaban J connectivity index is 2.72. The molecule has 5 heteroatoms. The van der Waals surface area contributed by atoms with Crippen molar-refractivity contribution < 1.29 is 8.42 Å². The Morgan fingerprint density at radius 3 is 2.91 bits per heavy atom. The number of sulfone groups is 1. The van der Waals surface area contributed by atoms with Crippen LogP contribution in [-0.2, 0) is 9.84 Å². The van der Waals surface area contributed by atoms with Gasteiger partial charge in [0.25, 0.3) is 0 Å². The normalized spacial score (nSPS) is 31.2. The predicted octanol–water partition coefficient (Wildman–Crippen LogP) is -1.28. The zero-order chi connectivity index (χ0) is 8.32. The summed E-state index contributed by atoms with van der Waals surface area (Å²) in [5.41, 5.74) is 5.33. The molecule has 0 bridgehead atoms. The smallest absolute Gasteiger partial charge is 0.155 e. The van der Waals surface area contributed by atoms with Crippen molar-refractivity contribution in [2.24, 2.45) is 5.73 Å². The molecule has 0 spiro atoms. The number of nitrogens with two attached hydrogens (primary N) is 1. The first-order valence-electron chi connectivity index (χ1n) is 3.79. The van der Waals surface area contributed by atoms with Crippen LogP contribution in [0.15, 0.2) is 0 Å². The van der Waals surface area contributed by atoms with Crippen LogP contribution >= 0.6 is 0 Å². The van der Waals surface area contributed by atoms with Gasteiger partial charge in [-0.3, -0.25) is 0 Å². The summed E-state index contributed by atoms with van der Waals surface area (Å²) in [6.07, 6.45) is 0.707. The molecule has 4 nitrogen and oxygen atoms in total. The topological polar surface area (TPSA) is 72.2 Å². The lowest BCUT2D eigenvalue weighted by atomic mass is 10.4. The van der Waals surface area contributed by atoms with E-state index >= 15 is 0 Å². The SMILES string of the molecule is NCC1CNCCCS1(=O)=O. The molecule has 1 saturated heterocycles. The van der Waals surface area contributed by atoms with E-state index in [-0.39, 0.29) is 17.5 Å². The van der Waals surface area contributed by atoms with Crippen LogP contribution in [0.1, 0.15) is 6.42 Å². The van der Waals surface area contributed by atoms with Crippen LogP contribution < -0.4 is 11.1 Å². The van der Waals surface area contributed by atoms with Gasteiger partial charge >= 0.3 is 0 Å². The average molecular weight is 178 g/mol. The summed E-state index contributed by atoms with van der Waals surface area (Å²) in [6, 6.07) is 0. The molecule has 1 rings (SSSR count). The Morgan fingerprint density at radius 2 is 2.27 bits per heavy atom. The Bertz CT molecular complexity index is 213. The third-order valence-corrected chi connectivity index (χ3v) is 4.16. The second kappa shape index (κ2) is 3.51. The Morgan fingerprint density at radius 1 is 1.55 bits per heavy atom. The van der Waals surface area contributed by atoms with Gasteiger partial charge in [0.1, 0.15) is 0 Å². The van der Waals surface area contributed by atoms with Crippen molar-refractivity contribution in [3.05, 3.63) is 0 Å². The molecule has 0 radical (unpaired) electrons. The number of rotatable bonds is 1. The van der Waals surface area contributed by atoms with E-state index in [1.807, 2.05) is 0 Å². The fourth-order valence-corrected chi connectivity index (χ4v) is 2.73. The molecule has 66 valence electrons. The first kappa shape index (κ1) is 8.96. The van der Waals surface area contributed by atoms with E-state index in [1.165, 1.54) is 0 Å². The quantitative estimate of drug-likeness (QED) is 0.525. The molecule has 1 unspecified atom stereocenters. The van der Waals surface area contributed by atoms with Crippen molar-refractivity contribution in [3.8, 4) is 0 Å². The maximum absolute atomic E-state index is 11.3. The van der Waals surface area contributed by atoms with Gasteiger partial charge in [0.05, 0.1) is 11.0 Å². The maximum atomic E-state index is 11.3. The summed E-state index contributed by atoms with van der Waals surface area (Å²) in [6.45, 7) is 1.53. The predicted molar refractivity (Wildman–Crippen MR) is 44.1 cm³/mol. The fraction of sp³-hybridized carbons (Fsp3) is 1.00. The summed E-state index contributed by atoms with van der Waals surface area (Å²) in [5, 5.41) is 2.67. The Hall–Kier alpha value is -0.130. The monoisotopic (exact) mass is 178 g/mol. The molecule has 1 aliphatic rings. The fourth-order valence-electron chi connectivity index (χ4n) is 1.18. The van der Waals surface area contributed by atoms with Gasteiger partial charge in [0.2, 0.25) is 0 Å². The van der Waals surface area contributed by atoms with E-state index < -0.39 is 9.84 Å². The number of nitrogens with one attached hydrogen (secondary N) is 1. The highest BCUT2D eigenvalue weighted by molar-refractivity contribution is 7.92. The molecule has 3 N–H and O–H groups in total. The van der Waals surface area contributed by atoms with E-state index in [1.54, 1.807) is 0 Å². The van der Waals surface area contributed by atoms with Crippen LogP contribution in [-0.4, -0.2) is 39.1 Å². The largest absolute Gasteiger partial charge is 0.329 e. The minimum Gasteiger partial charge on any atom is -0.329 e. The molecule has 11 heavy (non-hydrogen) atoms. The zero-order valence-corrected chi connectivity index (χ0v) is 7.23. The Labute approximate surface area is 67.1 Å².